The van der Waals surface area contributed by atoms with Gasteiger partial charge >= 0.3 is 0 Å². The van der Waals surface area contributed by atoms with Crippen molar-refractivity contribution in [2.75, 3.05) is 5.75 Å². The molecule has 92 valence electrons. The second-order valence-corrected chi connectivity index (χ2v) is 4.78. The minimum Gasteiger partial charge on any atom is -0.548 e. The summed E-state index contributed by atoms with van der Waals surface area (Å²) in [6.45, 7) is 1.91. The van der Waals surface area contributed by atoms with E-state index in [1.165, 1.54) is 11.8 Å². The normalized spacial score (nSPS) is 12.1. The Balaban J connectivity index is 2.68. The molecule has 1 rings (SSSR count). The molecule has 0 heterocycles. The minimum absolute atomic E-state index is 0.0169. The fraction of sp³-hybridized carbons (Fsp3) is 0.333. The first-order valence-electron chi connectivity index (χ1n) is 5.27. The molecule has 0 aliphatic rings. The smallest absolute Gasteiger partial charge is 0.219 e. The highest BCUT2D eigenvalue weighted by Gasteiger charge is 2.07. The van der Waals surface area contributed by atoms with Crippen LogP contribution >= 0.6 is 11.8 Å². The average molecular weight is 252 g/mol. The van der Waals surface area contributed by atoms with Gasteiger partial charge in [-0.05, 0) is 17.7 Å². The van der Waals surface area contributed by atoms with Crippen LogP contribution in [0.15, 0.2) is 24.3 Å². The highest BCUT2D eigenvalue weighted by molar-refractivity contribution is 8.14. The molecular weight excluding hydrogens is 238 g/mol. The number of nitrogens with two attached hydrogens (primary N) is 1. The van der Waals surface area contributed by atoms with Gasteiger partial charge in [-0.3, -0.25) is 4.79 Å². The van der Waals surface area contributed by atoms with Gasteiger partial charge in [0.25, 0.3) is 0 Å². The highest BCUT2D eigenvalue weighted by Crippen LogP contribution is 2.13. The van der Waals surface area contributed by atoms with Gasteiger partial charge < -0.3 is 15.6 Å². The van der Waals surface area contributed by atoms with Crippen LogP contribution in [0, 0.1) is 0 Å². The number of carboxylic acids is 1. The number of hydrogen-bond acceptors (Lipinski definition) is 5. The molecule has 0 saturated heterocycles. The number of carbonyl (C=O) groups is 2. The summed E-state index contributed by atoms with van der Waals surface area (Å²) >= 11 is 1.24. The lowest BCUT2D eigenvalue weighted by atomic mass is 10.1. The van der Waals surface area contributed by atoms with E-state index in [4.69, 9.17) is 5.73 Å². The first-order chi connectivity index (χ1) is 8.04. The lowest BCUT2D eigenvalue weighted by Crippen LogP contribution is -2.43. The van der Waals surface area contributed by atoms with Crippen LogP contribution in [0.5, 0.6) is 0 Å². The Bertz CT molecular complexity index is 403. The molecule has 0 aromatic heterocycles. The third-order valence-electron chi connectivity index (χ3n) is 2.22. The Morgan fingerprint density at radius 3 is 2.41 bits per heavy atom. The van der Waals surface area contributed by atoms with E-state index in [0.29, 0.717) is 5.56 Å². The lowest BCUT2D eigenvalue weighted by Gasteiger charge is -2.12. The van der Waals surface area contributed by atoms with E-state index in [9.17, 15) is 14.7 Å². The summed E-state index contributed by atoms with van der Waals surface area (Å²) in [5, 5.41) is 10.5. The molecule has 0 spiro atoms. The zero-order chi connectivity index (χ0) is 12.8. The van der Waals surface area contributed by atoms with Gasteiger partial charge in [-0.25, -0.2) is 0 Å². The molecule has 4 nitrogen and oxygen atoms in total. The molecule has 0 radical (unpaired) electrons. The van der Waals surface area contributed by atoms with Gasteiger partial charge in [-0.15, -0.1) is 0 Å². The van der Waals surface area contributed by atoms with Crippen molar-refractivity contribution in [2.45, 2.75) is 19.4 Å². The predicted molar refractivity (Wildman–Crippen MR) is 65.6 cm³/mol. The Morgan fingerprint density at radius 1 is 1.35 bits per heavy atom. The minimum atomic E-state index is -1.27. The van der Waals surface area contributed by atoms with Crippen LogP contribution in [0.25, 0.3) is 0 Å². The standard InChI is InChI=1S/C12H15NO3S/c1-2-17-12(16)9-5-3-8(4-6-9)7-10(13)11(14)15/h3-6,10H,2,7,13H2,1H3,(H,14,15)/p-1/t10-/m0/s1. The maximum atomic E-state index is 11.5. The van der Waals surface area contributed by atoms with Crippen LogP contribution in [0.2, 0.25) is 0 Å². The molecule has 1 atom stereocenters. The van der Waals surface area contributed by atoms with Crippen molar-refractivity contribution >= 4 is 22.8 Å². The Labute approximate surface area is 104 Å². The van der Waals surface area contributed by atoms with Crippen LogP contribution in [0.1, 0.15) is 22.8 Å². The number of carboxylic acid groups (broad SMARTS) is 1. The molecule has 0 amide bonds. The Morgan fingerprint density at radius 2 is 1.94 bits per heavy atom. The summed E-state index contributed by atoms with van der Waals surface area (Å²) in [4.78, 5) is 22.0. The SMILES string of the molecule is CCSC(=O)c1ccc(C[C@H](N)C(=O)[O-])cc1. The van der Waals surface area contributed by atoms with Gasteiger partial charge in [-0.1, -0.05) is 43.0 Å². The monoisotopic (exact) mass is 252 g/mol. The lowest BCUT2D eigenvalue weighted by molar-refractivity contribution is -0.307. The largest absolute Gasteiger partial charge is 0.548 e. The van der Waals surface area contributed by atoms with Crippen LogP contribution in [0.3, 0.4) is 0 Å². The van der Waals surface area contributed by atoms with E-state index in [-0.39, 0.29) is 11.5 Å². The quantitative estimate of drug-likeness (QED) is 0.809. The van der Waals surface area contributed by atoms with Crippen molar-refractivity contribution in [1.82, 2.24) is 0 Å². The maximum Gasteiger partial charge on any atom is 0.219 e. The van der Waals surface area contributed by atoms with E-state index < -0.39 is 12.0 Å². The van der Waals surface area contributed by atoms with Crippen LogP contribution in [-0.2, 0) is 11.2 Å². The summed E-state index contributed by atoms with van der Waals surface area (Å²) in [7, 11) is 0. The van der Waals surface area contributed by atoms with Crippen molar-refractivity contribution in [1.29, 1.82) is 0 Å². The number of aliphatic carboxylic acids is 1. The summed E-state index contributed by atoms with van der Waals surface area (Å²) in [6.07, 6.45) is 0.206. The highest BCUT2D eigenvalue weighted by atomic mass is 32.2. The molecule has 1 aromatic carbocycles. The predicted octanol–water partition coefficient (Wildman–Crippen LogP) is 0.200. The first kappa shape index (κ1) is 13.7. The molecule has 17 heavy (non-hydrogen) atoms. The van der Waals surface area contributed by atoms with Crippen molar-refractivity contribution in [3.63, 3.8) is 0 Å². The number of hydrogen-bond donors (Lipinski definition) is 1. The fourth-order valence-electron chi connectivity index (χ4n) is 1.33. The van der Waals surface area contributed by atoms with Gasteiger partial charge in [0.15, 0.2) is 0 Å². The second-order valence-electron chi connectivity index (χ2n) is 3.55. The number of rotatable bonds is 5. The van der Waals surface area contributed by atoms with Crippen LogP contribution < -0.4 is 10.8 Å². The van der Waals surface area contributed by atoms with E-state index in [0.717, 1.165) is 11.3 Å². The molecule has 0 aliphatic heterocycles. The molecule has 0 bridgehead atoms. The van der Waals surface area contributed by atoms with Crippen molar-refractivity contribution < 1.29 is 14.7 Å². The van der Waals surface area contributed by atoms with Crippen molar-refractivity contribution in [3.8, 4) is 0 Å². The molecule has 0 saturated carbocycles. The molecule has 0 fully saturated rings. The van der Waals surface area contributed by atoms with Gasteiger partial charge in [-0.2, -0.15) is 0 Å². The van der Waals surface area contributed by atoms with Crippen LogP contribution in [-0.4, -0.2) is 22.9 Å². The maximum absolute atomic E-state index is 11.5. The van der Waals surface area contributed by atoms with Gasteiger partial charge in [0.2, 0.25) is 5.12 Å². The third-order valence-corrected chi connectivity index (χ3v) is 3.01. The van der Waals surface area contributed by atoms with E-state index >= 15 is 0 Å². The van der Waals surface area contributed by atoms with Crippen molar-refractivity contribution in [2.24, 2.45) is 5.73 Å². The molecule has 1 aromatic rings. The first-order valence-corrected chi connectivity index (χ1v) is 6.25. The summed E-state index contributed by atoms with van der Waals surface area (Å²) in [6, 6.07) is 5.78. The molecule has 0 unspecified atom stereocenters. The Hall–Kier alpha value is -1.33. The number of thioether (sulfide) groups is 1. The fourth-order valence-corrected chi connectivity index (χ4v) is 1.89. The van der Waals surface area contributed by atoms with Crippen molar-refractivity contribution in [3.05, 3.63) is 35.4 Å². The topological polar surface area (TPSA) is 83.2 Å². The average Bonchev–Trinajstić information content (AvgIpc) is 2.30. The number of carbonyl (C=O) groups excluding carboxylic acids is 2. The van der Waals surface area contributed by atoms with E-state index in [2.05, 4.69) is 0 Å². The summed E-state index contributed by atoms with van der Waals surface area (Å²) in [5.74, 6) is -0.539. The molecule has 5 heteroatoms. The van der Waals surface area contributed by atoms with E-state index in [1.54, 1.807) is 24.3 Å². The van der Waals surface area contributed by atoms with Gasteiger partial charge in [0, 0.05) is 11.6 Å². The molecule has 2 N–H and O–H groups in total. The van der Waals surface area contributed by atoms with E-state index in [1.807, 2.05) is 6.92 Å². The molecule has 0 aliphatic carbocycles. The summed E-state index contributed by atoms with van der Waals surface area (Å²) in [5.41, 5.74) is 6.75. The summed E-state index contributed by atoms with van der Waals surface area (Å²) < 4.78 is 0. The third kappa shape index (κ3) is 4.20. The van der Waals surface area contributed by atoms with Gasteiger partial charge in [0.1, 0.15) is 0 Å². The zero-order valence-electron chi connectivity index (χ0n) is 9.51. The molecular formula is C12H14NO3S-. The number of benzene rings is 1. The van der Waals surface area contributed by atoms with Crippen LogP contribution in [0.4, 0.5) is 0 Å². The zero-order valence-corrected chi connectivity index (χ0v) is 10.3. The second kappa shape index (κ2) is 6.42. The van der Waals surface area contributed by atoms with Gasteiger partial charge in [0.05, 0.1) is 5.97 Å². The Kier molecular flexibility index (Phi) is 5.18.